The van der Waals surface area contributed by atoms with Crippen molar-refractivity contribution < 1.29 is 9.47 Å². The van der Waals surface area contributed by atoms with Gasteiger partial charge in [-0.05, 0) is 55.4 Å². The van der Waals surface area contributed by atoms with Crippen LogP contribution in [0, 0.1) is 40.9 Å². The van der Waals surface area contributed by atoms with Crippen molar-refractivity contribution in [2.24, 2.45) is 29.1 Å². The Kier molecular flexibility index (Phi) is 7.85. The molecule has 0 aromatic heterocycles. The summed E-state index contributed by atoms with van der Waals surface area (Å²) in [5.74, 6) is 9.43. The van der Waals surface area contributed by atoms with Gasteiger partial charge in [-0.1, -0.05) is 44.6 Å². The summed E-state index contributed by atoms with van der Waals surface area (Å²) in [6.07, 6.45) is 13.2. The van der Waals surface area contributed by atoms with E-state index < -0.39 is 0 Å². The molecular formula is C22H36O2. The van der Waals surface area contributed by atoms with Crippen molar-refractivity contribution in [2.75, 3.05) is 27.4 Å². The average Bonchev–Trinajstić information content (AvgIpc) is 2.85. The Bertz CT molecular complexity index is 450. The molecule has 136 valence electrons. The van der Waals surface area contributed by atoms with Crippen molar-refractivity contribution in [3.8, 4) is 11.8 Å². The van der Waals surface area contributed by atoms with Gasteiger partial charge in [0.25, 0.3) is 0 Å². The van der Waals surface area contributed by atoms with Crippen LogP contribution in [0.5, 0.6) is 0 Å². The molecule has 0 radical (unpaired) electrons. The Morgan fingerprint density at radius 2 is 1.92 bits per heavy atom. The molecule has 2 aliphatic rings. The van der Waals surface area contributed by atoms with E-state index in [0.29, 0.717) is 5.92 Å². The molecule has 0 aromatic rings. The van der Waals surface area contributed by atoms with Crippen LogP contribution in [0.25, 0.3) is 0 Å². The number of methoxy groups -OCH3 is 2. The van der Waals surface area contributed by atoms with Crippen LogP contribution in [0.4, 0.5) is 0 Å². The molecule has 2 aliphatic carbocycles. The Balaban J connectivity index is 2.08. The highest BCUT2D eigenvalue weighted by Crippen LogP contribution is 2.58. The lowest BCUT2D eigenvalue weighted by atomic mass is 9.65. The Hall–Kier alpha value is -0.780. The normalized spacial score (nSPS) is 31.7. The minimum atomic E-state index is 0.215. The molecule has 4 atom stereocenters. The number of hydrogen-bond donors (Lipinski definition) is 0. The van der Waals surface area contributed by atoms with E-state index in [9.17, 15) is 0 Å². The van der Waals surface area contributed by atoms with Gasteiger partial charge in [-0.25, -0.2) is 0 Å². The minimum Gasteiger partial charge on any atom is -0.384 e. The first kappa shape index (κ1) is 19.5. The molecule has 0 amide bonds. The minimum absolute atomic E-state index is 0.215. The van der Waals surface area contributed by atoms with E-state index in [0.717, 1.165) is 37.4 Å². The lowest BCUT2D eigenvalue weighted by Gasteiger charge is -2.41. The first-order valence-corrected chi connectivity index (χ1v) is 9.81. The second-order valence-corrected chi connectivity index (χ2v) is 7.97. The van der Waals surface area contributed by atoms with Crippen molar-refractivity contribution in [3.05, 3.63) is 12.2 Å². The van der Waals surface area contributed by atoms with E-state index in [-0.39, 0.29) is 5.41 Å². The molecule has 0 heterocycles. The maximum absolute atomic E-state index is 5.63. The Morgan fingerprint density at radius 1 is 1.17 bits per heavy atom. The zero-order valence-corrected chi connectivity index (χ0v) is 16.1. The number of rotatable bonds is 7. The van der Waals surface area contributed by atoms with E-state index in [4.69, 9.17) is 9.47 Å². The van der Waals surface area contributed by atoms with Crippen LogP contribution in [0.2, 0.25) is 0 Å². The summed E-state index contributed by atoms with van der Waals surface area (Å²) in [5, 5.41) is 0. The molecule has 0 bridgehead atoms. The quantitative estimate of drug-likeness (QED) is 0.478. The van der Waals surface area contributed by atoms with Gasteiger partial charge >= 0.3 is 0 Å². The van der Waals surface area contributed by atoms with E-state index >= 15 is 0 Å². The topological polar surface area (TPSA) is 18.5 Å². The van der Waals surface area contributed by atoms with Crippen LogP contribution in [-0.4, -0.2) is 27.4 Å². The van der Waals surface area contributed by atoms with Crippen LogP contribution < -0.4 is 0 Å². The van der Waals surface area contributed by atoms with Gasteiger partial charge in [0.2, 0.25) is 0 Å². The first-order chi connectivity index (χ1) is 11.7. The SMILES string of the molecule is CCCCC#C/C=C\[C@@H]1CCCC2[C@@H]1[C@H](C)CC2(COC)COC. The summed E-state index contributed by atoms with van der Waals surface area (Å²) in [4.78, 5) is 0. The molecule has 0 N–H and O–H groups in total. The van der Waals surface area contributed by atoms with E-state index in [1.54, 1.807) is 0 Å². The highest BCUT2D eigenvalue weighted by molar-refractivity contribution is 5.18. The summed E-state index contributed by atoms with van der Waals surface area (Å²) in [5.41, 5.74) is 0.215. The average molecular weight is 333 g/mol. The number of ether oxygens (including phenoxy) is 2. The third-order valence-electron chi connectivity index (χ3n) is 6.23. The first-order valence-electron chi connectivity index (χ1n) is 9.81. The molecule has 2 heteroatoms. The van der Waals surface area contributed by atoms with Gasteiger partial charge in [-0.2, -0.15) is 0 Å². The number of unbranched alkanes of at least 4 members (excludes halogenated alkanes) is 2. The summed E-state index contributed by atoms with van der Waals surface area (Å²) >= 11 is 0. The molecule has 2 nitrogen and oxygen atoms in total. The van der Waals surface area contributed by atoms with Crippen molar-refractivity contribution in [1.82, 2.24) is 0 Å². The highest BCUT2D eigenvalue weighted by Gasteiger charge is 2.54. The molecule has 2 saturated carbocycles. The second kappa shape index (κ2) is 9.64. The van der Waals surface area contributed by atoms with Crippen LogP contribution in [0.15, 0.2) is 12.2 Å². The van der Waals surface area contributed by atoms with Crippen LogP contribution in [-0.2, 0) is 9.47 Å². The second-order valence-electron chi connectivity index (χ2n) is 7.97. The van der Waals surface area contributed by atoms with E-state index in [1.807, 2.05) is 14.2 Å². The van der Waals surface area contributed by atoms with Crippen molar-refractivity contribution in [1.29, 1.82) is 0 Å². The van der Waals surface area contributed by atoms with Gasteiger partial charge in [-0.15, -0.1) is 0 Å². The predicted molar refractivity (Wildman–Crippen MR) is 101 cm³/mol. The lowest BCUT2D eigenvalue weighted by molar-refractivity contribution is -0.0342. The van der Waals surface area contributed by atoms with Gasteiger partial charge < -0.3 is 9.47 Å². The maximum Gasteiger partial charge on any atom is 0.0543 e. The maximum atomic E-state index is 5.63. The monoisotopic (exact) mass is 332 g/mol. The molecule has 0 spiro atoms. The molecule has 2 fully saturated rings. The summed E-state index contributed by atoms with van der Waals surface area (Å²) in [6.45, 7) is 6.32. The number of fused-ring (bicyclic) bond motifs is 1. The molecule has 0 aromatic carbocycles. The van der Waals surface area contributed by atoms with E-state index in [1.165, 1.54) is 38.5 Å². The molecule has 0 aliphatic heterocycles. The predicted octanol–water partition coefficient (Wildman–Crippen LogP) is 5.09. The molecule has 2 rings (SSSR count). The number of hydrogen-bond acceptors (Lipinski definition) is 2. The van der Waals surface area contributed by atoms with Crippen LogP contribution in [0.1, 0.15) is 58.8 Å². The highest BCUT2D eigenvalue weighted by atomic mass is 16.5. The van der Waals surface area contributed by atoms with E-state index in [2.05, 4.69) is 37.8 Å². The zero-order chi connectivity index (χ0) is 17.4. The molecular weight excluding hydrogens is 296 g/mol. The number of allylic oxidation sites excluding steroid dienone is 2. The van der Waals surface area contributed by atoms with Crippen molar-refractivity contribution in [2.45, 2.75) is 58.8 Å². The fraction of sp³-hybridized carbons (Fsp3) is 0.818. The smallest absolute Gasteiger partial charge is 0.0543 e. The van der Waals surface area contributed by atoms with Gasteiger partial charge in [0.1, 0.15) is 0 Å². The fourth-order valence-electron chi connectivity index (χ4n) is 5.46. The summed E-state index contributed by atoms with van der Waals surface area (Å²) < 4.78 is 11.3. The molecule has 1 unspecified atom stereocenters. The zero-order valence-electron chi connectivity index (χ0n) is 16.1. The van der Waals surface area contributed by atoms with Crippen molar-refractivity contribution >= 4 is 0 Å². The third kappa shape index (κ3) is 4.44. The van der Waals surface area contributed by atoms with Gasteiger partial charge in [0.15, 0.2) is 0 Å². The lowest BCUT2D eigenvalue weighted by Crippen LogP contribution is -2.40. The van der Waals surface area contributed by atoms with Gasteiger partial charge in [0, 0.05) is 26.1 Å². The summed E-state index contributed by atoms with van der Waals surface area (Å²) in [6, 6.07) is 0. The van der Waals surface area contributed by atoms with Crippen LogP contribution in [0.3, 0.4) is 0 Å². The summed E-state index contributed by atoms with van der Waals surface area (Å²) in [7, 11) is 3.67. The Morgan fingerprint density at radius 3 is 2.58 bits per heavy atom. The van der Waals surface area contributed by atoms with Gasteiger partial charge in [-0.3, -0.25) is 0 Å². The molecule has 0 saturated heterocycles. The largest absolute Gasteiger partial charge is 0.384 e. The fourth-order valence-corrected chi connectivity index (χ4v) is 5.46. The van der Waals surface area contributed by atoms with Gasteiger partial charge in [0.05, 0.1) is 13.2 Å². The standard InChI is InChI=1S/C22H36O2/c1-5-6-7-8-9-10-12-19-13-11-14-20-21(19)18(2)15-22(20,16-23-3)17-24-4/h10,12,18-21H,5-7,11,13-17H2,1-4H3/b12-10-/t18-,19-,20?,21-/m1/s1. The molecule has 24 heavy (non-hydrogen) atoms. The third-order valence-corrected chi connectivity index (χ3v) is 6.23. The Labute approximate surface area is 149 Å². The van der Waals surface area contributed by atoms with Crippen molar-refractivity contribution in [3.63, 3.8) is 0 Å². The van der Waals surface area contributed by atoms with Crippen LogP contribution >= 0.6 is 0 Å².